The van der Waals surface area contributed by atoms with Crippen LogP contribution in [0.2, 0.25) is 0 Å². The van der Waals surface area contributed by atoms with Crippen molar-refractivity contribution in [2.75, 3.05) is 19.0 Å². The van der Waals surface area contributed by atoms with Gasteiger partial charge in [-0.2, -0.15) is 5.48 Å². The third-order valence-electron chi connectivity index (χ3n) is 7.08. The number of nitrogens with one attached hydrogen (secondary N) is 4. The first kappa shape index (κ1) is 29.6. The second-order valence-electron chi connectivity index (χ2n) is 10.0. The quantitative estimate of drug-likeness (QED) is 0.359. The fraction of sp³-hybridized carbons (Fsp3) is 0.731. The second-order valence-corrected chi connectivity index (χ2v) is 10.0. The molecular weight excluding hydrogens is 487 g/mol. The molecule has 0 radical (unpaired) electrons. The summed E-state index contributed by atoms with van der Waals surface area (Å²) in [7, 11) is 1.59. The number of amides is 1. The number of hydroxylamine groups is 1. The lowest BCUT2D eigenvalue weighted by atomic mass is 9.97. The number of nitrogens with zero attached hydrogens (tertiary/aromatic N) is 1. The predicted molar refractivity (Wildman–Crippen MR) is 136 cm³/mol. The van der Waals surface area contributed by atoms with Crippen molar-refractivity contribution in [1.82, 2.24) is 21.0 Å². The van der Waals surface area contributed by atoms with Gasteiger partial charge in [-0.25, -0.2) is 0 Å². The van der Waals surface area contributed by atoms with E-state index in [1.807, 2.05) is 0 Å². The molecule has 210 valence electrons. The zero-order valence-corrected chi connectivity index (χ0v) is 21.9. The normalized spacial score (nSPS) is 25.3. The van der Waals surface area contributed by atoms with Gasteiger partial charge in [-0.3, -0.25) is 20.3 Å². The van der Waals surface area contributed by atoms with E-state index in [0.29, 0.717) is 11.7 Å². The summed E-state index contributed by atoms with van der Waals surface area (Å²) in [6.45, 7) is 2.25. The lowest BCUT2D eigenvalue weighted by Gasteiger charge is -2.49. The van der Waals surface area contributed by atoms with Crippen LogP contribution in [0.3, 0.4) is 0 Å². The second kappa shape index (κ2) is 14.9. The van der Waals surface area contributed by atoms with Crippen molar-refractivity contribution in [2.24, 2.45) is 0 Å². The van der Waals surface area contributed by atoms with E-state index in [1.54, 1.807) is 7.11 Å². The van der Waals surface area contributed by atoms with Crippen LogP contribution in [0.15, 0.2) is 24.3 Å². The highest BCUT2D eigenvalue weighted by Crippen LogP contribution is 2.27. The molecule has 2 aliphatic rings. The number of carbonyl (C=O) groups is 1. The van der Waals surface area contributed by atoms with Gasteiger partial charge in [0, 0.05) is 17.8 Å². The Balaban J connectivity index is 1.62. The molecule has 2 fully saturated rings. The SMILES string of the molecule is CONC1CC(C)N(C2CCCCCCCCCC2)C(NCC(=O)Nc2ccc(OC(F)(F)F)cc2)N1. The van der Waals surface area contributed by atoms with Gasteiger partial charge in [-0.15, -0.1) is 13.2 Å². The van der Waals surface area contributed by atoms with Gasteiger partial charge in [0.05, 0.1) is 19.8 Å². The maximum atomic E-state index is 12.7. The van der Waals surface area contributed by atoms with Gasteiger partial charge in [-0.1, -0.05) is 51.4 Å². The fourth-order valence-electron chi connectivity index (χ4n) is 5.42. The van der Waals surface area contributed by atoms with Crippen LogP contribution in [-0.4, -0.2) is 55.4 Å². The Bertz CT molecular complexity index is 800. The number of benzene rings is 1. The molecule has 1 aromatic rings. The minimum Gasteiger partial charge on any atom is -0.406 e. The number of alkyl halides is 3. The molecule has 1 saturated heterocycles. The Morgan fingerprint density at radius 2 is 1.62 bits per heavy atom. The Labute approximate surface area is 218 Å². The molecule has 1 aliphatic carbocycles. The number of ether oxygens (including phenoxy) is 1. The molecule has 1 heterocycles. The predicted octanol–water partition coefficient (Wildman–Crippen LogP) is 4.84. The van der Waals surface area contributed by atoms with Crippen LogP contribution >= 0.6 is 0 Å². The van der Waals surface area contributed by atoms with E-state index in [-0.39, 0.29) is 36.7 Å². The van der Waals surface area contributed by atoms with Crippen LogP contribution < -0.4 is 26.2 Å². The van der Waals surface area contributed by atoms with Gasteiger partial charge < -0.3 is 14.9 Å². The Hall–Kier alpha value is -1.92. The summed E-state index contributed by atoms with van der Waals surface area (Å²) in [5.41, 5.74) is 3.39. The molecule has 3 atom stereocenters. The maximum Gasteiger partial charge on any atom is 0.573 e. The summed E-state index contributed by atoms with van der Waals surface area (Å²) in [6.07, 6.45) is 8.23. The molecule has 11 heteroatoms. The van der Waals surface area contributed by atoms with E-state index in [9.17, 15) is 18.0 Å². The Kier molecular flexibility index (Phi) is 11.9. The lowest BCUT2D eigenvalue weighted by molar-refractivity contribution is -0.274. The minimum absolute atomic E-state index is 0.0358. The van der Waals surface area contributed by atoms with Crippen LogP contribution in [0.4, 0.5) is 18.9 Å². The largest absolute Gasteiger partial charge is 0.573 e. The van der Waals surface area contributed by atoms with E-state index < -0.39 is 6.36 Å². The highest BCUT2D eigenvalue weighted by Gasteiger charge is 2.37. The maximum absolute atomic E-state index is 12.7. The van der Waals surface area contributed by atoms with Gasteiger partial charge in [-0.05, 0) is 50.5 Å². The highest BCUT2D eigenvalue weighted by atomic mass is 19.4. The molecule has 0 aromatic heterocycles. The number of halogens is 3. The third-order valence-corrected chi connectivity index (χ3v) is 7.08. The topological polar surface area (TPSA) is 86.9 Å². The summed E-state index contributed by atoms with van der Waals surface area (Å²) in [5, 5.41) is 9.62. The lowest BCUT2D eigenvalue weighted by Crippen LogP contribution is -2.70. The van der Waals surface area contributed by atoms with Crippen LogP contribution in [-0.2, 0) is 9.63 Å². The Morgan fingerprint density at radius 1 is 1.03 bits per heavy atom. The van der Waals surface area contributed by atoms with Gasteiger partial charge in [0.15, 0.2) is 0 Å². The molecule has 0 bridgehead atoms. The van der Waals surface area contributed by atoms with Crippen molar-refractivity contribution in [1.29, 1.82) is 0 Å². The number of anilines is 1. The van der Waals surface area contributed by atoms with E-state index >= 15 is 0 Å². The third kappa shape index (κ3) is 10.4. The first-order valence-corrected chi connectivity index (χ1v) is 13.5. The van der Waals surface area contributed by atoms with E-state index in [1.165, 1.54) is 75.6 Å². The van der Waals surface area contributed by atoms with Crippen LogP contribution in [0.5, 0.6) is 5.75 Å². The van der Waals surface area contributed by atoms with Crippen LogP contribution in [0.1, 0.15) is 77.6 Å². The minimum atomic E-state index is -4.76. The monoisotopic (exact) mass is 529 g/mol. The number of hydrogen-bond donors (Lipinski definition) is 4. The molecule has 3 unspecified atom stereocenters. The molecule has 37 heavy (non-hydrogen) atoms. The van der Waals surface area contributed by atoms with E-state index in [4.69, 9.17) is 4.84 Å². The molecule has 3 rings (SSSR count). The highest BCUT2D eigenvalue weighted by molar-refractivity contribution is 5.92. The summed E-state index contributed by atoms with van der Waals surface area (Å²) < 4.78 is 41.0. The molecule has 0 spiro atoms. The molecule has 4 N–H and O–H groups in total. The van der Waals surface area contributed by atoms with Crippen LogP contribution in [0, 0.1) is 0 Å². The summed E-state index contributed by atoms with van der Waals surface area (Å²) in [6, 6.07) is 5.79. The van der Waals surface area contributed by atoms with Gasteiger partial charge in [0.1, 0.15) is 12.0 Å². The molecule has 1 aromatic carbocycles. The summed E-state index contributed by atoms with van der Waals surface area (Å²) in [4.78, 5) is 20.3. The zero-order chi connectivity index (χ0) is 26.7. The summed E-state index contributed by atoms with van der Waals surface area (Å²) in [5.74, 6) is -0.624. The first-order chi connectivity index (χ1) is 17.7. The van der Waals surface area contributed by atoms with Crippen molar-refractivity contribution in [3.63, 3.8) is 0 Å². The van der Waals surface area contributed by atoms with Crippen molar-refractivity contribution in [3.05, 3.63) is 24.3 Å². The summed E-state index contributed by atoms with van der Waals surface area (Å²) >= 11 is 0. The number of carbonyl (C=O) groups excluding carboxylic acids is 1. The van der Waals surface area contributed by atoms with Crippen molar-refractivity contribution in [2.45, 2.75) is 108 Å². The standard InChI is InChI=1S/C26H42F3N5O3/c1-19-17-23(33-36-2)32-25(34(19)21-11-9-7-5-3-4-6-8-10-12-21)30-18-24(35)31-20-13-15-22(16-14-20)37-26(27,28)29/h13-16,19,21,23,25,30,32-33H,3-12,17-18H2,1-2H3,(H,31,35). The molecule has 1 saturated carbocycles. The Morgan fingerprint density at radius 3 is 2.19 bits per heavy atom. The average Bonchev–Trinajstić information content (AvgIpc) is 2.89. The molecule has 1 amide bonds. The van der Waals surface area contributed by atoms with Crippen molar-refractivity contribution in [3.8, 4) is 5.75 Å². The van der Waals surface area contributed by atoms with Gasteiger partial charge in [0.2, 0.25) is 5.91 Å². The molecular formula is C26H42F3N5O3. The zero-order valence-electron chi connectivity index (χ0n) is 21.9. The van der Waals surface area contributed by atoms with Crippen LogP contribution in [0.25, 0.3) is 0 Å². The van der Waals surface area contributed by atoms with E-state index in [0.717, 1.165) is 19.3 Å². The molecule has 8 nitrogen and oxygen atoms in total. The molecule has 1 aliphatic heterocycles. The van der Waals surface area contributed by atoms with Crippen molar-refractivity contribution >= 4 is 11.6 Å². The average molecular weight is 530 g/mol. The van der Waals surface area contributed by atoms with Gasteiger partial charge >= 0.3 is 6.36 Å². The smallest absolute Gasteiger partial charge is 0.406 e. The number of rotatable bonds is 8. The van der Waals surface area contributed by atoms with Crippen molar-refractivity contribution < 1.29 is 27.5 Å². The fourth-order valence-corrected chi connectivity index (χ4v) is 5.42. The first-order valence-electron chi connectivity index (χ1n) is 13.5. The van der Waals surface area contributed by atoms with E-state index in [2.05, 4.69) is 38.0 Å². The van der Waals surface area contributed by atoms with Gasteiger partial charge in [0.25, 0.3) is 0 Å². The number of hydrogen-bond acceptors (Lipinski definition) is 7.